The van der Waals surface area contributed by atoms with Crippen molar-refractivity contribution in [1.82, 2.24) is 0 Å². The summed E-state index contributed by atoms with van der Waals surface area (Å²) in [4.78, 5) is 12.5. The summed E-state index contributed by atoms with van der Waals surface area (Å²) in [5.41, 5.74) is 8.36. The summed E-state index contributed by atoms with van der Waals surface area (Å²) in [6, 6.07) is 17.9. The van der Waals surface area contributed by atoms with E-state index in [1.54, 1.807) is 0 Å². The quantitative estimate of drug-likeness (QED) is 0.722. The van der Waals surface area contributed by atoms with Crippen LogP contribution < -0.4 is 11.1 Å². The molecule has 1 amide bonds. The van der Waals surface area contributed by atoms with Gasteiger partial charge in [0.25, 0.3) is 0 Å². The highest BCUT2D eigenvalue weighted by atomic mass is 16.5. The predicted molar refractivity (Wildman–Crippen MR) is 102 cm³/mol. The summed E-state index contributed by atoms with van der Waals surface area (Å²) < 4.78 is 5.73. The highest BCUT2D eigenvalue weighted by Gasteiger charge is 2.33. The van der Waals surface area contributed by atoms with Gasteiger partial charge in [-0.3, -0.25) is 4.79 Å². The van der Waals surface area contributed by atoms with Crippen LogP contribution in [0.15, 0.2) is 54.6 Å². The van der Waals surface area contributed by atoms with Crippen LogP contribution in [0.5, 0.6) is 0 Å². The van der Waals surface area contributed by atoms with Gasteiger partial charge in [0.1, 0.15) is 0 Å². The van der Waals surface area contributed by atoms with Gasteiger partial charge in [-0.25, -0.2) is 0 Å². The molecule has 0 aliphatic rings. The summed E-state index contributed by atoms with van der Waals surface area (Å²) >= 11 is 0. The number of amides is 1. The first-order valence-electron chi connectivity index (χ1n) is 8.85. The topological polar surface area (TPSA) is 64.4 Å². The van der Waals surface area contributed by atoms with E-state index in [1.807, 2.05) is 68.4 Å². The summed E-state index contributed by atoms with van der Waals surface area (Å²) in [5.74, 6) is -0.00641. The number of carbonyl (C=O) groups is 1. The van der Waals surface area contributed by atoms with Crippen molar-refractivity contribution in [2.24, 2.45) is 11.1 Å². The molecule has 3 N–H and O–H groups in total. The largest absolute Gasteiger partial charge is 0.372 e. The minimum absolute atomic E-state index is 0.00641. The number of carbonyl (C=O) groups excluding carboxylic acids is 1. The molecule has 134 valence electrons. The Kier molecular flexibility index (Phi) is 7.16. The first-order valence-corrected chi connectivity index (χ1v) is 8.85. The number of hydrogen-bond donors (Lipinski definition) is 2. The molecule has 4 heteroatoms. The number of anilines is 1. The fourth-order valence-electron chi connectivity index (χ4n) is 2.76. The van der Waals surface area contributed by atoms with Crippen molar-refractivity contribution in [3.05, 3.63) is 65.7 Å². The van der Waals surface area contributed by atoms with Crippen LogP contribution in [0.4, 0.5) is 5.69 Å². The highest BCUT2D eigenvalue weighted by Crippen LogP contribution is 2.27. The van der Waals surface area contributed by atoms with E-state index in [0.717, 1.165) is 29.7 Å². The third kappa shape index (κ3) is 5.15. The third-order valence-corrected chi connectivity index (χ3v) is 4.82. The van der Waals surface area contributed by atoms with Crippen molar-refractivity contribution in [2.45, 2.75) is 39.9 Å². The maximum atomic E-state index is 12.5. The van der Waals surface area contributed by atoms with Crippen molar-refractivity contribution in [2.75, 3.05) is 11.9 Å². The maximum absolute atomic E-state index is 12.5. The molecule has 0 aromatic heterocycles. The second-order valence-corrected chi connectivity index (χ2v) is 6.32. The molecule has 25 heavy (non-hydrogen) atoms. The molecular formula is C21H28N2O2. The molecule has 0 saturated heterocycles. The summed E-state index contributed by atoms with van der Waals surface area (Å²) in [6.07, 6.45) is 1.47. The van der Waals surface area contributed by atoms with Gasteiger partial charge < -0.3 is 15.8 Å². The Morgan fingerprint density at radius 3 is 2.04 bits per heavy atom. The van der Waals surface area contributed by atoms with Gasteiger partial charge in [0.2, 0.25) is 5.91 Å². The number of hydrogen-bond acceptors (Lipinski definition) is 3. The first kappa shape index (κ1) is 19.2. The Bertz CT molecular complexity index is 641. The van der Waals surface area contributed by atoms with Gasteiger partial charge in [-0.15, -0.1) is 0 Å². The Hall–Kier alpha value is -2.17. The third-order valence-electron chi connectivity index (χ3n) is 4.82. The van der Waals surface area contributed by atoms with Gasteiger partial charge in [0, 0.05) is 12.2 Å². The monoisotopic (exact) mass is 340 g/mol. The van der Waals surface area contributed by atoms with Crippen molar-refractivity contribution >= 4 is 11.6 Å². The van der Waals surface area contributed by atoms with E-state index in [-0.39, 0.29) is 5.91 Å². The number of rotatable bonds is 9. The van der Waals surface area contributed by atoms with E-state index >= 15 is 0 Å². The molecule has 0 aliphatic heterocycles. The Balaban J connectivity index is 1.88. The molecule has 0 aliphatic carbocycles. The Morgan fingerprint density at radius 1 is 0.960 bits per heavy atom. The van der Waals surface area contributed by atoms with Crippen molar-refractivity contribution in [1.29, 1.82) is 0 Å². The average molecular weight is 340 g/mol. The van der Waals surface area contributed by atoms with Gasteiger partial charge in [0.05, 0.1) is 18.6 Å². The molecule has 0 saturated carbocycles. The molecule has 0 unspecified atom stereocenters. The standard InChI is InChI=1S/C21H28N2O2/c1-3-21(4-2,16-22)20(24)23-19-12-10-18(11-13-19)15-25-14-17-8-6-5-7-9-17/h5-13H,3-4,14-16,22H2,1-2H3,(H,23,24). The lowest BCUT2D eigenvalue weighted by atomic mass is 9.81. The van der Waals surface area contributed by atoms with Crippen LogP contribution in [0, 0.1) is 5.41 Å². The lowest BCUT2D eigenvalue weighted by Crippen LogP contribution is -2.41. The van der Waals surface area contributed by atoms with Gasteiger partial charge in [-0.2, -0.15) is 0 Å². The summed E-state index contributed by atoms with van der Waals surface area (Å²) in [7, 11) is 0. The van der Waals surface area contributed by atoms with Gasteiger partial charge in [-0.05, 0) is 36.1 Å². The van der Waals surface area contributed by atoms with E-state index in [0.29, 0.717) is 19.8 Å². The van der Waals surface area contributed by atoms with E-state index in [9.17, 15) is 4.79 Å². The molecule has 0 spiro atoms. The van der Waals surface area contributed by atoms with Crippen LogP contribution in [0.1, 0.15) is 37.8 Å². The van der Waals surface area contributed by atoms with Gasteiger partial charge in [0.15, 0.2) is 0 Å². The Morgan fingerprint density at radius 2 is 1.52 bits per heavy atom. The number of nitrogens with two attached hydrogens (primary N) is 1. The number of nitrogens with one attached hydrogen (secondary N) is 1. The SMILES string of the molecule is CCC(CC)(CN)C(=O)Nc1ccc(COCc2ccccc2)cc1. The number of benzene rings is 2. The average Bonchev–Trinajstić information content (AvgIpc) is 2.66. The van der Waals surface area contributed by atoms with E-state index in [1.165, 1.54) is 0 Å². The molecule has 0 bridgehead atoms. The van der Waals surface area contributed by atoms with E-state index < -0.39 is 5.41 Å². The van der Waals surface area contributed by atoms with E-state index in [4.69, 9.17) is 10.5 Å². The van der Waals surface area contributed by atoms with Crippen LogP contribution in [0.3, 0.4) is 0 Å². The summed E-state index contributed by atoms with van der Waals surface area (Å²) in [5, 5.41) is 2.99. The molecule has 0 fully saturated rings. The fourth-order valence-corrected chi connectivity index (χ4v) is 2.76. The smallest absolute Gasteiger partial charge is 0.231 e. The molecule has 2 aromatic carbocycles. The fraction of sp³-hybridized carbons (Fsp3) is 0.381. The molecular weight excluding hydrogens is 312 g/mol. The molecule has 0 heterocycles. The van der Waals surface area contributed by atoms with E-state index in [2.05, 4.69) is 5.32 Å². The molecule has 0 atom stereocenters. The van der Waals surface area contributed by atoms with Gasteiger partial charge in [-0.1, -0.05) is 56.3 Å². The van der Waals surface area contributed by atoms with Crippen LogP contribution in [0.25, 0.3) is 0 Å². The maximum Gasteiger partial charge on any atom is 0.231 e. The lowest BCUT2D eigenvalue weighted by molar-refractivity contribution is -0.125. The minimum Gasteiger partial charge on any atom is -0.372 e. The van der Waals surface area contributed by atoms with Crippen molar-refractivity contribution in [3.8, 4) is 0 Å². The molecule has 0 radical (unpaired) electrons. The van der Waals surface area contributed by atoms with Crippen molar-refractivity contribution < 1.29 is 9.53 Å². The zero-order chi connectivity index (χ0) is 18.1. The zero-order valence-electron chi connectivity index (χ0n) is 15.1. The molecule has 2 aromatic rings. The van der Waals surface area contributed by atoms with Crippen LogP contribution >= 0.6 is 0 Å². The van der Waals surface area contributed by atoms with Crippen LogP contribution in [-0.4, -0.2) is 12.5 Å². The van der Waals surface area contributed by atoms with Crippen molar-refractivity contribution in [3.63, 3.8) is 0 Å². The molecule has 2 rings (SSSR count). The molecule has 4 nitrogen and oxygen atoms in total. The predicted octanol–water partition coefficient (Wildman–Crippen LogP) is 4.11. The van der Waals surface area contributed by atoms with Crippen LogP contribution in [0.2, 0.25) is 0 Å². The highest BCUT2D eigenvalue weighted by molar-refractivity contribution is 5.95. The summed E-state index contributed by atoms with van der Waals surface area (Å²) in [6.45, 7) is 5.49. The second kappa shape index (κ2) is 9.35. The zero-order valence-corrected chi connectivity index (χ0v) is 15.1. The number of ether oxygens (including phenoxy) is 1. The van der Waals surface area contributed by atoms with Crippen LogP contribution in [-0.2, 0) is 22.7 Å². The Labute approximate surface area is 150 Å². The minimum atomic E-state index is -0.489. The lowest BCUT2D eigenvalue weighted by Gasteiger charge is -2.28. The van der Waals surface area contributed by atoms with Gasteiger partial charge >= 0.3 is 0 Å². The first-order chi connectivity index (χ1) is 12.1. The second-order valence-electron chi connectivity index (χ2n) is 6.32. The normalized spacial score (nSPS) is 11.3.